The van der Waals surface area contributed by atoms with Gasteiger partial charge in [-0.25, -0.2) is 13.9 Å². The zero-order valence-corrected chi connectivity index (χ0v) is 19.5. The number of nitrogens with zero attached hydrogens (tertiary/aromatic N) is 6. The third kappa shape index (κ3) is 3.25. The van der Waals surface area contributed by atoms with Gasteiger partial charge in [0.15, 0.2) is 5.65 Å². The van der Waals surface area contributed by atoms with Gasteiger partial charge >= 0.3 is 0 Å². The molecule has 0 saturated heterocycles. The predicted octanol–water partition coefficient (Wildman–Crippen LogP) is 2.62. The summed E-state index contributed by atoms with van der Waals surface area (Å²) in [7, 11) is 1.86. The molecule has 0 radical (unpaired) electrons. The fourth-order valence-corrected chi connectivity index (χ4v) is 6.14. The maximum absolute atomic E-state index is 13.3. The Morgan fingerprint density at radius 2 is 2.09 bits per heavy atom. The van der Waals surface area contributed by atoms with Gasteiger partial charge in [0.2, 0.25) is 11.2 Å². The van der Waals surface area contributed by atoms with Crippen LogP contribution in [-0.4, -0.2) is 33.3 Å². The van der Waals surface area contributed by atoms with Crippen LogP contribution < -0.4 is 15.0 Å². The molecule has 1 unspecified atom stereocenters. The molecule has 168 valence electrons. The number of para-hydroxylation sites is 1. The summed E-state index contributed by atoms with van der Waals surface area (Å²) in [5.74, 6) is 0. The average molecular weight is 481 g/mol. The Morgan fingerprint density at radius 3 is 2.91 bits per heavy atom. The summed E-state index contributed by atoms with van der Waals surface area (Å²) < 4.78 is 23.7. The van der Waals surface area contributed by atoms with Gasteiger partial charge in [0.05, 0.1) is 34.5 Å². The van der Waals surface area contributed by atoms with Gasteiger partial charge in [0.1, 0.15) is 10.5 Å². The monoisotopic (exact) mass is 480 g/mol. The van der Waals surface area contributed by atoms with Crippen molar-refractivity contribution >= 4 is 55.1 Å². The minimum absolute atomic E-state index is 0.187. The summed E-state index contributed by atoms with van der Waals surface area (Å²) in [5.41, 5.74) is 4.45. The third-order valence-corrected chi connectivity index (χ3v) is 7.66. The SMILES string of the molecule is CCn1ccc(Cc2nc3c(s2)c2cnn(Cc4cccc5c4NS(=O)N5)c(=O)c2n3C)n1. The lowest BCUT2D eigenvalue weighted by Gasteiger charge is -2.09. The van der Waals surface area contributed by atoms with Gasteiger partial charge in [0, 0.05) is 31.6 Å². The molecular weight excluding hydrogens is 460 g/mol. The second-order valence-corrected chi connectivity index (χ2v) is 9.87. The maximum Gasteiger partial charge on any atom is 0.291 e. The van der Waals surface area contributed by atoms with E-state index in [9.17, 15) is 9.00 Å². The maximum atomic E-state index is 13.3. The lowest BCUT2D eigenvalue weighted by Crippen LogP contribution is -2.24. The van der Waals surface area contributed by atoms with Crippen LogP contribution >= 0.6 is 11.3 Å². The fraction of sp³-hybridized carbons (Fsp3) is 0.238. The smallest absolute Gasteiger partial charge is 0.291 e. The van der Waals surface area contributed by atoms with Crippen molar-refractivity contribution in [3.8, 4) is 0 Å². The van der Waals surface area contributed by atoms with Gasteiger partial charge in [-0.05, 0) is 24.6 Å². The first-order valence-corrected chi connectivity index (χ1v) is 12.4. The third-order valence-electron chi connectivity index (χ3n) is 5.79. The molecular formula is C21H20N8O2S2. The Balaban J connectivity index is 1.38. The summed E-state index contributed by atoms with van der Waals surface area (Å²) in [4.78, 5) is 18.1. The molecule has 1 aliphatic heterocycles. The molecule has 4 aromatic heterocycles. The van der Waals surface area contributed by atoms with Crippen LogP contribution in [0.15, 0.2) is 41.5 Å². The second-order valence-electron chi connectivity index (χ2n) is 7.84. The lowest BCUT2D eigenvalue weighted by atomic mass is 10.1. The minimum atomic E-state index is -1.37. The Hall–Kier alpha value is -3.51. The molecule has 0 amide bonds. The number of hydrogen-bond donors (Lipinski definition) is 2. The number of rotatable bonds is 5. The van der Waals surface area contributed by atoms with E-state index < -0.39 is 11.2 Å². The zero-order chi connectivity index (χ0) is 22.7. The van der Waals surface area contributed by atoms with E-state index in [1.54, 1.807) is 17.5 Å². The molecule has 6 rings (SSSR count). The van der Waals surface area contributed by atoms with Gasteiger partial charge in [0.25, 0.3) is 5.56 Å². The Labute approximate surface area is 194 Å². The van der Waals surface area contributed by atoms with Crippen molar-refractivity contribution in [2.75, 3.05) is 9.44 Å². The van der Waals surface area contributed by atoms with Gasteiger partial charge < -0.3 is 4.57 Å². The van der Waals surface area contributed by atoms with Crippen LogP contribution in [0.5, 0.6) is 0 Å². The Morgan fingerprint density at radius 1 is 1.21 bits per heavy atom. The van der Waals surface area contributed by atoms with E-state index in [0.29, 0.717) is 11.9 Å². The van der Waals surface area contributed by atoms with Crippen LogP contribution in [-0.2, 0) is 37.7 Å². The Kier molecular flexibility index (Phi) is 4.59. The largest absolute Gasteiger partial charge is 0.323 e. The van der Waals surface area contributed by atoms with E-state index in [1.807, 2.05) is 46.8 Å². The summed E-state index contributed by atoms with van der Waals surface area (Å²) in [6.45, 7) is 3.15. The number of benzene rings is 1. The van der Waals surface area contributed by atoms with Crippen LogP contribution in [0.1, 0.15) is 23.2 Å². The topological polar surface area (TPSA) is 112 Å². The van der Waals surface area contributed by atoms with Crippen LogP contribution in [0, 0.1) is 0 Å². The average Bonchev–Trinajstić information content (AvgIpc) is 3.56. The molecule has 10 nitrogen and oxygen atoms in total. The first kappa shape index (κ1) is 20.1. The number of nitrogens with one attached hydrogen (secondary N) is 2. The summed E-state index contributed by atoms with van der Waals surface area (Å²) in [6, 6.07) is 7.61. The number of fused-ring (bicyclic) bond motifs is 4. The second kappa shape index (κ2) is 7.52. The molecule has 2 N–H and O–H groups in total. The summed E-state index contributed by atoms with van der Waals surface area (Å²) >= 11 is 0.208. The molecule has 0 aliphatic carbocycles. The zero-order valence-electron chi connectivity index (χ0n) is 17.9. The minimum Gasteiger partial charge on any atom is -0.323 e. The number of aryl methyl sites for hydroxylation is 2. The molecule has 0 saturated carbocycles. The van der Waals surface area contributed by atoms with Gasteiger partial charge in [-0.2, -0.15) is 10.2 Å². The molecule has 1 aliphatic rings. The van der Waals surface area contributed by atoms with Crippen LogP contribution in [0.25, 0.3) is 21.3 Å². The molecule has 0 bridgehead atoms. The number of hydrogen-bond acceptors (Lipinski definition) is 6. The van der Waals surface area contributed by atoms with Crippen molar-refractivity contribution in [1.82, 2.24) is 29.1 Å². The van der Waals surface area contributed by atoms with E-state index in [2.05, 4.69) is 26.6 Å². The quantitative estimate of drug-likeness (QED) is 0.402. The number of anilines is 2. The van der Waals surface area contributed by atoms with Crippen molar-refractivity contribution in [1.29, 1.82) is 0 Å². The normalized spacial score (nSPS) is 15.2. The summed E-state index contributed by atoms with van der Waals surface area (Å²) in [5, 5.41) is 10.7. The molecule has 12 heteroatoms. The number of aromatic nitrogens is 6. The van der Waals surface area contributed by atoms with E-state index in [4.69, 9.17) is 4.98 Å². The van der Waals surface area contributed by atoms with Crippen LogP contribution in [0.2, 0.25) is 0 Å². The first-order chi connectivity index (χ1) is 16.0. The van der Waals surface area contributed by atoms with Crippen LogP contribution in [0.4, 0.5) is 11.4 Å². The molecule has 0 spiro atoms. The molecule has 1 aromatic carbocycles. The van der Waals surface area contributed by atoms with Gasteiger partial charge in [-0.3, -0.25) is 18.9 Å². The first-order valence-electron chi connectivity index (χ1n) is 10.4. The van der Waals surface area contributed by atoms with Crippen molar-refractivity contribution < 1.29 is 4.21 Å². The van der Waals surface area contributed by atoms with E-state index in [1.165, 1.54) is 4.68 Å². The Bertz CT molecular complexity index is 1630. The van der Waals surface area contributed by atoms with Crippen molar-refractivity contribution in [2.45, 2.75) is 26.4 Å². The van der Waals surface area contributed by atoms with E-state index in [-0.39, 0.29) is 12.1 Å². The molecule has 0 fully saturated rings. The summed E-state index contributed by atoms with van der Waals surface area (Å²) in [6.07, 6.45) is 4.36. The highest BCUT2D eigenvalue weighted by atomic mass is 32.2. The van der Waals surface area contributed by atoms with Crippen LogP contribution in [0.3, 0.4) is 0 Å². The van der Waals surface area contributed by atoms with E-state index >= 15 is 0 Å². The fourth-order valence-electron chi connectivity index (χ4n) is 4.17. The van der Waals surface area contributed by atoms with E-state index in [0.717, 1.165) is 49.9 Å². The molecule has 5 aromatic rings. The standard InChI is InChI=1S/C21H20N8O2S2/c1-3-28-8-7-13(24-28)9-16-23-20-19(32-16)14-10-22-29(21(30)18(14)27(20)2)11-12-5-4-6-15-17(12)26-33(31)25-15/h4-8,10,25-26H,3,9,11H2,1-2H3. The van der Waals surface area contributed by atoms with Crippen molar-refractivity contribution in [3.05, 3.63) is 63.3 Å². The van der Waals surface area contributed by atoms with Gasteiger partial charge in [-0.15, -0.1) is 11.3 Å². The molecule has 1 atom stereocenters. The van der Waals surface area contributed by atoms with Crippen molar-refractivity contribution in [3.63, 3.8) is 0 Å². The molecule has 33 heavy (non-hydrogen) atoms. The number of thiazole rings is 1. The highest BCUT2D eigenvalue weighted by Gasteiger charge is 2.21. The lowest BCUT2D eigenvalue weighted by molar-refractivity contribution is 0.645. The van der Waals surface area contributed by atoms with Gasteiger partial charge in [-0.1, -0.05) is 12.1 Å². The van der Waals surface area contributed by atoms with Crippen molar-refractivity contribution in [2.24, 2.45) is 7.05 Å². The highest BCUT2D eigenvalue weighted by molar-refractivity contribution is 7.88. The highest BCUT2D eigenvalue weighted by Crippen LogP contribution is 2.33. The predicted molar refractivity (Wildman–Crippen MR) is 130 cm³/mol. The molecule has 5 heterocycles.